The molecule has 9 nitrogen and oxygen atoms in total. The minimum atomic E-state index is -1.04. The molecule has 0 saturated heterocycles. The molecule has 2 aromatic heterocycles. The molecule has 0 radical (unpaired) electrons. The third kappa shape index (κ3) is 3.28. The van der Waals surface area contributed by atoms with Gasteiger partial charge in [0.2, 0.25) is 5.95 Å². The van der Waals surface area contributed by atoms with Crippen LogP contribution < -0.4 is 10.6 Å². The van der Waals surface area contributed by atoms with Gasteiger partial charge in [-0.2, -0.15) is 10.1 Å². The summed E-state index contributed by atoms with van der Waals surface area (Å²) in [4.78, 5) is 30.2. The Hall–Kier alpha value is -2.97. The van der Waals surface area contributed by atoms with E-state index in [4.69, 9.17) is 5.11 Å². The van der Waals surface area contributed by atoms with Crippen LogP contribution in [0.3, 0.4) is 0 Å². The number of anilines is 1. The molecule has 0 unspecified atom stereocenters. The van der Waals surface area contributed by atoms with E-state index in [9.17, 15) is 9.59 Å². The molecule has 3 N–H and O–H groups in total. The van der Waals surface area contributed by atoms with E-state index in [2.05, 4.69) is 25.7 Å². The van der Waals surface area contributed by atoms with E-state index in [1.54, 1.807) is 7.05 Å². The number of amides is 2. The van der Waals surface area contributed by atoms with Crippen LogP contribution in [0.5, 0.6) is 0 Å². The third-order valence-corrected chi connectivity index (χ3v) is 2.43. The van der Waals surface area contributed by atoms with Crippen molar-refractivity contribution >= 4 is 17.9 Å². The molecule has 0 aliphatic rings. The van der Waals surface area contributed by atoms with Crippen LogP contribution >= 0.6 is 0 Å². The highest BCUT2D eigenvalue weighted by Crippen LogP contribution is 2.02. The van der Waals surface area contributed by atoms with E-state index >= 15 is 0 Å². The van der Waals surface area contributed by atoms with Crippen molar-refractivity contribution < 1.29 is 14.7 Å². The quantitative estimate of drug-likeness (QED) is 0.734. The number of carbonyl (C=O) groups is 2. The molecule has 2 heterocycles. The van der Waals surface area contributed by atoms with Crippen LogP contribution in [0.4, 0.5) is 10.7 Å². The maximum atomic E-state index is 11.6. The van der Waals surface area contributed by atoms with Crippen molar-refractivity contribution in [3.63, 3.8) is 0 Å². The first kappa shape index (κ1) is 13.5. The average molecular weight is 276 g/mol. The van der Waals surface area contributed by atoms with Gasteiger partial charge in [-0.15, -0.1) is 0 Å². The van der Waals surface area contributed by atoms with Gasteiger partial charge in [0.05, 0.1) is 17.8 Å². The van der Waals surface area contributed by atoms with E-state index in [-0.39, 0.29) is 12.1 Å². The lowest BCUT2D eigenvalue weighted by molar-refractivity contribution is 0.0696. The summed E-state index contributed by atoms with van der Waals surface area (Å²) < 4.78 is 1.41. The Bertz CT molecular complexity index is 639. The Kier molecular flexibility index (Phi) is 3.89. The largest absolute Gasteiger partial charge is 0.478 e. The first-order chi connectivity index (χ1) is 9.56. The Morgan fingerprint density at radius 3 is 2.85 bits per heavy atom. The molecule has 0 atom stereocenters. The molecule has 104 valence electrons. The Balaban J connectivity index is 1.92. The number of nitrogens with one attached hydrogen (secondary N) is 2. The van der Waals surface area contributed by atoms with Gasteiger partial charge < -0.3 is 10.4 Å². The molecule has 0 aliphatic carbocycles. The fourth-order valence-electron chi connectivity index (χ4n) is 1.43. The van der Waals surface area contributed by atoms with Gasteiger partial charge in [-0.25, -0.2) is 14.3 Å². The Morgan fingerprint density at radius 1 is 1.40 bits per heavy atom. The highest BCUT2D eigenvalue weighted by Gasteiger charge is 2.08. The monoisotopic (exact) mass is 276 g/mol. The highest BCUT2D eigenvalue weighted by atomic mass is 16.4. The van der Waals surface area contributed by atoms with Crippen LogP contribution in [-0.2, 0) is 13.6 Å². The number of aryl methyl sites for hydroxylation is 1. The van der Waals surface area contributed by atoms with E-state index in [1.165, 1.54) is 29.3 Å². The maximum absolute atomic E-state index is 11.6. The summed E-state index contributed by atoms with van der Waals surface area (Å²) in [6, 6.07) is 2.29. The SMILES string of the molecule is Cn1ncnc1NC(=O)NCc1cc(C(=O)O)ccn1. The van der Waals surface area contributed by atoms with Gasteiger partial charge in [0.1, 0.15) is 6.33 Å². The van der Waals surface area contributed by atoms with Gasteiger partial charge in [0.25, 0.3) is 0 Å². The van der Waals surface area contributed by atoms with Gasteiger partial charge in [-0.3, -0.25) is 10.3 Å². The van der Waals surface area contributed by atoms with Gasteiger partial charge in [0.15, 0.2) is 0 Å². The molecule has 0 saturated carbocycles. The van der Waals surface area contributed by atoms with Crippen molar-refractivity contribution in [3.8, 4) is 0 Å². The molecule has 0 spiro atoms. The fourth-order valence-corrected chi connectivity index (χ4v) is 1.43. The van der Waals surface area contributed by atoms with E-state index < -0.39 is 12.0 Å². The molecular formula is C11H12N6O3. The molecule has 9 heteroatoms. The smallest absolute Gasteiger partial charge is 0.335 e. The van der Waals surface area contributed by atoms with Crippen molar-refractivity contribution in [1.29, 1.82) is 0 Å². The van der Waals surface area contributed by atoms with Crippen molar-refractivity contribution in [2.75, 3.05) is 5.32 Å². The lowest BCUT2D eigenvalue weighted by Gasteiger charge is -2.06. The maximum Gasteiger partial charge on any atom is 0.335 e. The number of rotatable bonds is 4. The van der Waals surface area contributed by atoms with Gasteiger partial charge >= 0.3 is 12.0 Å². The molecule has 0 fully saturated rings. The normalized spacial score (nSPS) is 10.1. The van der Waals surface area contributed by atoms with Gasteiger partial charge in [-0.05, 0) is 12.1 Å². The van der Waals surface area contributed by atoms with Crippen LogP contribution in [-0.4, -0.2) is 36.9 Å². The summed E-state index contributed by atoms with van der Waals surface area (Å²) in [5.41, 5.74) is 0.559. The molecule has 2 aromatic rings. The molecule has 0 aromatic carbocycles. The third-order valence-electron chi connectivity index (χ3n) is 2.43. The predicted octanol–water partition coefficient (Wildman–Crippen LogP) is 0.230. The van der Waals surface area contributed by atoms with Gasteiger partial charge in [0, 0.05) is 13.2 Å². The zero-order chi connectivity index (χ0) is 14.5. The van der Waals surface area contributed by atoms with Crippen LogP contribution in [0.1, 0.15) is 16.1 Å². The number of pyridine rings is 1. The number of carbonyl (C=O) groups excluding carboxylic acids is 1. The van der Waals surface area contributed by atoms with E-state index in [0.29, 0.717) is 11.6 Å². The zero-order valence-electron chi connectivity index (χ0n) is 10.6. The molecule has 2 amide bonds. The zero-order valence-corrected chi connectivity index (χ0v) is 10.6. The summed E-state index contributed by atoms with van der Waals surface area (Å²) in [7, 11) is 1.64. The number of aromatic nitrogens is 4. The number of carboxylic acid groups (broad SMARTS) is 1. The van der Waals surface area contributed by atoms with Crippen LogP contribution in [0.25, 0.3) is 0 Å². The van der Waals surface area contributed by atoms with Crippen molar-refractivity contribution in [2.24, 2.45) is 7.05 Å². The van der Waals surface area contributed by atoms with E-state index in [0.717, 1.165) is 0 Å². The van der Waals surface area contributed by atoms with Crippen LogP contribution in [0, 0.1) is 0 Å². The van der Waals surface area contributed by atoms with Crippen molar-refractivity contribution in [2.45, 2.75) is 6.54 Å². The minimum Gasteiger partial charge on any atom is -0.478 e. The summed E-state index contributed by atoms with van der Waals surface area (Å²) >= 11 is 0. The van der Waals surface area contributed by atoms with Crippen molar-refractivity contribution in [3.05, 3.63) is 35.9 Å². The van der Waals surface area contributed by atoms with Gasteiger partial charge in [-0.1, -0.05) is 0 Å². The second kappa shape index (κ2) is 5.78. The molecule has 20 heavy (non-hydrogen) atoms. The highest BCUT2D eigenvalue weighted by molar-refractivity contribution is 5.88. The average Bonchev–Trinajstić information content (AvgIpc) is 2.82. The fraction of sp³-hybridized carbons (Fsp3) is 0.182. The first-order valence-electron chi connectivity index (χ1n) is 5.63. The summed E-state index contributed by atoms with van der Waals surface area (Å²) in [6.45, 7) is 0.102. The van der Waals surface area contributed by atoms with Crippen molar-refractivity contribution in [1.82, 2.24) is 25.1 Å². The topological polar surface area (TPSA) is 122 Å². The standard InChI is InChI=1S/C11H12N6O3/c1-17-10(14-6-15-17)16-11(20)13-5-8-4-7(9(18)19)2-3-12-8/h2-4,6H,5H2,1H3,(H,18,19)(H2,13,14,15,16,20). The minimum absolute atomic E-state index is 0.102. The predicted molar refractivity (Wildman–Crippen MR) is 68.1 cm³/mol. The number of nitrogens with zero attached hydrogens (tertiary/aromatic N) is 4. The van der Waals surface area contributed by atoms with Crippen LogP contribution in [0.2, 0.25) is 0 Å². The molecule has 0 aliphatic heterocycles. The second-order valence-corrected chi connectivity index (χ2v) is 3.86. The molecular weight excluding hydrogens is 264 g/mol. The Labute approximate surface area is 113 Å². The number of hydrogen-bond donors (Lipinski definition) is 3. The second-order valence-electron chi connectivity index (χ2n) is 3.86. The number of urea groups is 1. The number of carboxylic acids is 1. The molecule has 0 bridgehead atoms. The van der Waals surface area contributed by atoms with Crippen LogP contribution in [0.15, 0.2) is 24.7 Å². The summed E-state index contributed by atoms with van der Waals surface area (Å²) in [5.74, 6) is -0.744. The van der Waals surface area contributed by atoms with E-state index in [1.807, 2.05) is 0 Å². The molecule has 2 rings (SSSR count). The number of aromatic carboxylic acids is 1. The summed E-state index contributed by atoms with van der Waals surface area (Å²) in [6.07, 6.45) is 2.69. The summed E-state index contributed by atoms with van der Waals surface area (Å²) in [5, 5.41) is 17.7. The lowest BCUT2D eigenvalue weighted by atomic mass is 10.2. The Morgan fingerprint density at radius 2 is 2.20 bits per heavy atom. The number of hydrogen-bond acceptors (Lipinski definition) is 5. The lowest BCUT2D eigenvalue weighted by Crippen LogP contribution is -2.29. The first-order valence-corrected chi connectivity index (χ1v) is 5.63.